The van der Waals surface area contributed by atoms with Crippen molar-refractivity contribution < 1.29 is 0 Å². The summed E-state index contributed by atoms with van der Waals surface area (Å²) in [6.45, 7) is 0. The molecule has 0 amide bonds. The number of hydrogen-bond acceptors (Lipinski definition) is 3. The Morgan fingerprint density at radius 1 is 0.326 bits per heavy atom. The molecular weight excluding hydrogens is 558 g/mol. The highest BCUT2D eigenvalue weighted by molar-refractivity contribution is 6.33. The van der Waals surface area contributed by atoms with E-state index in [9.17, 15) is 0 Å². The van der Waals surface area contributed by atoms with Gasteiger partial charge in [-0.1, -0.05) is 109 Å². The lowest BCUT2D eigenvalue weighted by Crippen LogP contribution is -1.93. The molecular formula is C43H27N3. The lowest BCUT2D eigenvalue weighted by molar-refractivity contribution is 1.25. The number of hydrogen-bond donors (Lipinski definition) is 0. The molecule has 9 rings (SSSR count). The third-order valence-corrected chi connectivity index (χ3v) is 8.93. The van der Waals surface area contributed by atoms with Crippen molar-refractivity contribution in [2.75, 3.05) is 0 Å². The van der Waals surface area contributed by atoms with Crippen LogP contribution in [0.15, 0.2) is 164 Å². The molecule has 0 aliphatic carbocycles. The molecule has 0 fully saturated rings. The van der Waals surface area contributed by atoms with Gasteiger partial charge >= 0.3 is 0 Å². The summed E-state index contributed by atoms with van der Waals surface area (Å²) in [7, 11) is 0. The second-order valence-corrected chi connectivity index (χ2v) is 11.6. The number of para-hydroxylation sites is 1. The standard InChI is InChI=1S/C43H27N3/c1-3-17-35-33(15-1)34-16-2-4-18-36(34)42-41(35)37-19-5-6-20-38(37)46-43(42)32-14-10-13-30(26-32)28-11-9-12-29(25-28)31-22-24-45-40(27-31)39-21-7-8-23-44-39/h1-27H. The maximum atomic E-state index is 5.36. The molecule has 0 bridgehead atoms. The van der Waals surface area contributed by atoms with E-state index in [1.54, 1.807) is 6.20 Å². The van der Waals surface area contributed by atoms with Crippen molar-refractivity contribution in [3.05, 3.63) is 164 Å². The highest BCUT2D eigenvalue weighted by Crippen LogP contribution is 2.43. The summed E-state index contributed by atoms with van der Waals surface area (Å²) in [6, 6.07) is 53.6. The summed E-state index contributed by atoms with van der Waals surface area (Å²) >= 11 is 0. The molecule has 46 heavy (non-hydrogen) atoms. The molecule has 0 spiro atoms. The largest absolute Gasteiger partial charge is 0.255 e. The molecule has 0 radical (unpaired) electrons. The van der Waals surface area contributed by atoms with Crippen LogP contribution in [0.4, 0.5) is 0 Å². The average Bonchev–Trinajstić information content (AvgIpc) is 3.15. The van der Waals surface area contributed by atoms with Crippen LogP contribution in [0.25, 0.3) is 88.1 Å². The van der Waals surface area contributed by atoms with Crippen LogP contribution in [0.3, 0.4) is 0 Å². The number of aromatic nitrogens is 3. The molecule has 0 saturated carbocycles. The van der Waals surface area contributed by atoms with Gasteiger partial charge in [-0.15, -0.1) is 0 Å². The smallest absolute Gasteiger partial charge is 0.0892 e. The molecule has 3 aromatic heterocycles. The Morgan fingerprint density at radius 3 is 1.57 bits per heavy atom. The molecule has 9 aromatic rings. The number of pyridine rings is 3. The molecule has 0 saturated heterocycles. The summed E-state index contributed by atoms with van der Waals surface area (Å²) in [5.74, 6) is 0. The van der Waals surface area contributed by atoms with Crippen LogP contribution in [0.5, 0.6) is 0 Å². The van der Waals surface area contributed by atoms with Crippen molar-refractivity contribution in [1.82, 2.24) is 15.0 Å². The zero-order valence-electron chi connectivity index (χ0n) is 24.9. The third-order valence-electron chi connectivity index (χ3n) is 8.93. The van der Waals surface area contributed by atoms with Gasteiger partial charge in [-0.2, -0.15) is 0 Å². The number of benzene rings is 6. The first-order chi connectivity index (χ1) is 22.8. The quantitative estimate of drug-likeness (QED) is 0.193. The molecule has 0 N–H and O–H groups in total. The molecule has 0 aliphatic rings. The lowest BCUT2D eigenvalue weighted by Gasteiger charge is -2.16. The van der Waals surface area contributed by atoms with E-state index in [1.165, 1.54) is 37.7 Å². The van der Waals surface area contributed by atoms with Gasteiger partial charge in [0.25, 0.3) is 0 Å². The average molecular weight is 586 g/mol. The zero-order valence-corrected chi connectivity index (χ0v) is 24.9. The van der Waals surface area contributed by atoms with Crippen LogP contribution in [-0.4, -0.2) is 15.0 Å². The highest BCUT2D eigenvalue weighted by atomic mass is 14.8. The molecule has 6 aromatic carbocycles. The minimum absolute atomic E-state index is 0.861. The van der Waals surface area contributed by atoms with Gasteiger partial charge < -0.3 is 0 Å². The molecule has 0 aliphatic heterocycles. The predicted octanol–water partition coefficient (Wildman–Crippen LogP) is 11.2. The second kappa shape index (κ2) is 10.8. The number of rotatable bonds is 4. The van der Waals surface area contributed by atoms with Crippen LogP contribution < -0.4 is 0 Å². The Hall–Kier alpha value is -6.19. The van der Waals surface area contributed by atoms with Crippen LogP contribution in [0.1, 0.15) is 0 Å². The van der Waals surface area contributed by atoms with Gasteiger partial charge in [-0.3, -0.25) is 9.97 Å². The topological polar surface area (TPSA) is 38.7 Å². The fraction of sp³-hybridized carbons (Fsp3) is 0. The summed E-state index contributed by atoms with van der Waals surface area (Å²) < 4.78 is 0. The lowest BCUT2D eigenvalue weighted by atomic mass is 9.89. The van der Waals surface area contributed by atoms with Gasteiger partial charge in [0.05, 0.1) is 22.6 Å². The summed E-state index contributed by atoms with van der Waals surface area (Å²) in [5.41, 5.74) is 9.36. The fourth-order valence-corrected chi connectivity index (χ4v) is 6.82. The molecule has 3 heterocycles. The van der Waals surface area contributed by atoms with Crippen molar-refractivity contribution in [3.63, 3.8) is 0 Å². The van der Waals surface area contributed by atoms with Gasteiger partial charge in [-0.05, 0) is 86.3 Å². The first-order valence-electron chi connectivity index (χ1n) is 15.5. The first-order valence-corrected chi connectivity index (χ1v) is 15.5. The van der Waals surface area contributed by atoms with E-state index in [1.807, 2.05) is 24.4 Å². The van der Waals surface area contributed by atoms with Crippen molar-refractivity contribution in [2.24, 2.45) is 0 Å². The number of nitrogens with zero attached hydrogens (tertiary/aromatic N) is 3. The van der Waals surface area contributed by atoms with Crippen LogP contribution in [-0.2, 0) is 0 Å². The molecule has 3 nitrogen and oxygen atoms in total. The van der Waals surface area contributed by atoms with Crippen LogP contribution >= 0.6 is 0 Å². The Kier molecular flexibility index (Phi) is 6.14. The summed E-state index contributed by atoms with van der Waals surface area (Å²) in [6.07, 6.45) is 3.66. The molecule has 214 valence electrons. The number of fused-ring (bicyclic) bond motifs is 8. The monoisotopic (exact) mass is 585 g/mol. The van der Waals surface area contributed by atoms with E-state index in [-0.39, 0.29) is 0 Å². The summed E-state index contributed by atoms with van der Waals surface area (Å²) in [4.78, 5) is 14.4. The van der Waals surface area contributed by atoms with E-state index >= 15 is 0 Å². The van der Waals surface area contributed by atoms with Crippen LogP contribution in [0.2, 0.25) is 0 Å². The highest BCUT2D eigenvalue weighted by Gasteiger charge is 2.17. The Balaban J connectivity index is 1.24. The van der Waals surface area contributed by atoms with Gasteiger partial charge in [0.2, 0.25) is 0 Å². The third kappa shape index (κ3) is 4.33. The van der Waals surface area contributed by atoms with Gasteiger partial charge in [0.1, 0.15) is 0 Å². The van der Waals surface area contributed by atoms with Crippen molar-refractivity contribution in [2.45, 2.75) is 0 Å². The second-order valence-electron chi connectivity index (χ2n) is 11.6. The molecule has 0 unspecified atom stereocenters. The first kappa shape index (κ1) is 26.2. The normalized spacial score (nSPS) is 11.5. The Morgan fingerprint density at radius 2 is 0.870 bits per heavy atom. The minimum atomic E-state index is 0.861. The Bertz CT molecular complexity index is 2590. The van der Waals surface area contributed by atoms with Crippen molar-refractivity contribution in [1.29, 1.82) is 0 Å². The van der Waals surface area contributed by atoms with Crippen LogP contribution in [0, 0.1) is 0 Å². The van der Waals surface area contributed by atoms with Crippen molar-refractivity contribution in [3.8, 4) is 44.9 Å². The van der Waals surface area contributed by atoms with E-state index in [4.69, 9.17) is 4.98 Å². The molecule has 3 heteroatoms. The zero-order chi connectivity index (χ0) is 30.5. The predicted molar refractivity (Wildman–Crippen MR) is 192 cm³/mol. The maximum absolute atomic E-state index is 5.36. The van der Waals surface area contributed by atoms with E-state index < -0.39 is 0 Å². The van der Waals surface area contributed by atoms with Gasteiger partial charge in [-0.25, -0.2) is 4.98 Å². The maximum Gasteiger partial charge on any atom is 0.0892 e. The summed E-state index contributed by atoms with van der Waals surface area (Å²) in [5, 5.41) is 8.60. The van der Waals surface area contributed by atoms with Gasteiger partial charge in [0.15, 0.2) is 0 Å². The van der Waals surface area contributed by atoms with E-state index in [0.29, 0.717) is 0 Å². The van der Waals surface area contributed by atoms with Gasteiger partial charge in [0, 0.05) is 34.1 Å². The molecule has 0 atom stereocenters. The van der Waals surface area contributed by atoms with E-state index in [0.717, 1.165) is 50.4 Å². The SMILES string of the molecule is c1ccc(-c2cc(-c3cccc(-c4cccc(-c5nc6ccccc6c6c7ccccc7c7ccccc7c56)c4)c3)ccn2)nc1. The van der Waals surface area contributed by atoms with E-state index in [2.05, 4.69) is 143 Å². The minimum Gasteiger partial charge on any atom is -0.255 e. The van der Waals surface area contributed by atoms with Crippen molar-refractivity contribution >= 4 is 43.2 Å². The fourth-order valence-electron chi connectivity index (χ4n) is 6.82. The Labute approximate surface area is 266 Å².